The number of aryl methyl sites for hydroxylation is 1. The number of ether oxygens (including phenoxy) is 2. The first-order chi connectivity index (χ1) is 11.7. The van der Waals surface area contributed by atoms with Gasteiger partial charge in [0.25, 0.3) is 0 Å². The second kappa shape index (κ2) is 7.40. The smallest absolute Gasteiger partial charge is 0.227 e. The maximum atomic E-state index is 12.6. The molecule has 0 bridgehead atoms. The number of amides is 1. The zero-order valence-electron chi connectivity index (χ0n) is 13.9. The topological polar surface area (TPSA) is 64.5 Å². The molecule has 0 aliphatic carbocycles. The van der Waals surface area contributed by atoms with Gasteiger partial charge in [0.2, 0.25) is 5.91 Å². The van der Waals surface area contributed by atoms with E-state index in [-0.39, 0.29) is 12.0 Å². The lowest BCUT2D eigenvalue weighted by Crippen LogP contribution is -2.43. The van der Waals surface area contributed by atoms with E-state index < -0.39 is 0 Å². The van der Waals surface area contributed by atoms with Crippen molar-refractivity contribution < 1.29 is 14.3 Å². The van der Waals surface area contributed by atoms with Crippen LogP contribution in [0.1, 0.15) is 23.2 Å². The van der Waals surface area contributed by atoms with Crippen LogP contribution in [-0.4, -0.2) is 47.6 Å². The van der Waals surface area contributed by atoms with Crippen molar-refractivity contribution in [1.82, 2.24) is 14.9 Å². The van der Waals surface area contributed by atoms with Gasteiger partial charge in [-0.1, -0.05) is 12.1 Å². The molecule has 1 aromatic heterocycles. The summed E-state index contributed by atoms with van der Waals surface area (Å²) < 4.78 is 11.0. The lowest BCUT2D eigenvalue weighted by molar-refractivity contribution is -0.138. The Morgan fingerprint density at radius 3 is 3.08 bits per heavy atom. The minimum absolute atomic E-state index is 0.0855. The molecule has 2 aromatic rings. The van der Waals surface area contributed by atoms with Crippen molar-refractivity contribution in [3.8, 4) is 5.75 Å². The van der Waals surface area contributed by atoms with Crippen LogP contribution in [0.4, 0.5) is 0 Å². The molecule has 1 aliphatic rings. The summed E-state index contributed by atoms with van der Waals surface area (Å²) in [4.78, 5) is 23.0. The van der Waals surface area contributed by atoms with Crippen LogP contribution in [-0.2, 0) is 16.0 Å². The van der Waals surface area contributed by atoms with E-state index in [1.165, 1.54) is 0 Å². The number of rotatable bonds is 4. The molecule has 1 atom stereocenters. The zero-order valence-corrected chi connectivity index (χ0v) is 13.9. The fourth-order valence-corrected chi connectivity index (χ4v) is 2.78. The third-order valence-corrected chi connectivity index (χ3v) is 4.04. The number of hydrogen-bond acceptors (Lipinski definition) is 5. The molecule has 3 rings (SSSR count). The Hall–Kier alpha value is -2.47. The van der Waals surface area contributed by atoms with E-state index in [1.54, 1.807) is 13.3 Å². The minimum Gasteiger partial charge on any atom is -0.497 e. The van der Waals surface area contributed by atoms with E-state index in [0.29, 0.717) is 31.9 Å². The normalized spacial score (nSPS) is 17.6. The highest BCUT2D eigenvalue weighted by atomic mass is 16.5. The predicted octanol–water partition coefficient (Wildman–Crippen LogP) is 1.94. The van der Waals surface area contributed by atoms with Crippen molar-refractivity contribution in [3.05, 3.63) is 53.6 Å². The van der Waals surface area contributed by atoms with Gasteiger partial charge in [-0.15, -0.1) is 0 Å². The molecule has 1 amide bonds. The molecule has 0 unspecified atom stereocenters. The monoisotopic (exact) mass is 327 g/mol. The van der Waals surface area contributed by atoms with Gasteiger partial charge in [0.1, 0.15) is 17.7 Å². The van der Waals surface area contributed by atoms with Gasteiger partial charge in [-0.25, -0.2) is 9.97 Å². The van der Waals surface area contributed by atoms with Crippen molar-refractivity contribution in [1.29, 1.82) is 0 Å². The fraction of sp³-hybridized carbons (Fsp3) is 0.389. The standard InChI is InChI=1S/C18H21N3O3/c1-13-19-7-6-16(20-13)17-12-21(8-9-24-17)18(22)11-14-4-3-5-15(10-14)23-2/h3-7,10,17H,8-9,11-12H2,1-2H3/t17-/m0/s1. The summed E-state index contributed by atoms with van der Waals surface area (Å²) in [6.07, 6.45) is 1.87. The Balaban J connectivity index is 1.66. The minimum atomic E-state index is -0.199. The third kappa shape index (κ3) is 3.89. The summed E-state index contributed by atoms with van der Waals surface area (Å²) >= 11 is 0. The SMILES string of the molecule is COc1cccc(CC(=O)N2CCO[C@H](c3ccnc(C)n3)C2)c1. The Bertz CT molecular complexity index is 720. The van der Waals surface area contributed by atoms with Crippen LogP contribution in [0.5, 0.6) is 5.75 Å². The molecular weight excluding hydrogens is 306 g/mol. The first-order valence-electron chi connectivity index (χ1n) is 7.97. The molecule has 126 valence electrons. The van der Waals surface area contributed by atoms with Gasteiger partial charge in [-0.2, -0.15) is 0 Å². The van der Waals surface area contributed by atoms with Crippen molar-refractivity contribution in [3.63, 3.8) is 0 Å². The molecule has 24 heavy (non-hydrogen) atoms. The predicted molar refractivity (Wildman–Crippen MR) is 88.7 cm³/mol. The summed E-state index contributed by atoms with van der Waals surface area (Å²) in [5.74, 6) is 1.55. The molecule has 1 fully saturated rings. The van der Waals surface area contributed by atoms with Gasteiger partial charge in [0.15, 0.2) is 0 Å². The molecule has 2 heterocycles. The lowest BCUT2D eigenvalue weighted by atomic mass is 10.1. The van der Waals surface area contributed by atoms with Gasteiger partial charge < -0.3 is 14.4 Å². The van der Waals surface area contributed by atoms with Gasteiger partial charge in [0, 0.05) is 12.7 Å². The highest BCUT2D eigenvalue weighted by Crippen LogP contribution is 2.21. The molecule has 0 spiro atoms. The van der Waals surface area contributed by atoms with Crippen LogP contribution in [0.2, 0.25) is 0 Å². The van der Waals surface area contributed by atoms with Gasteiger partial charge in [0.05, 0.1) is 32.4 Å². The zero-order chi connectivity index (χ0) is 16.9. The average molecular weight is 327 g/mol. The Labute approximate surface area is 141 Å². The first kappa shape index (κ1) is 16.4. The van der Waals surface area contributed by atoms with Crippen LogP contribution >= 0.6 is 0 Å². The molecule has 6 nitrogen and oxygen atoms in total. The van der Waals surface area contributed by atoms with E-state index >= 15 is 0 Å². The largest absolute Gasteiger partial charge is 0.497 e. The molecule has 6 heteroatoms. The van der Waals surface area contributed by atoms with Crippen molar-refractivity contribution in [2.24, 2.45) is 0 Å². The lowest BCUT2D eigenvalue weighted by Gasteiger charge is -2.32. The molecule has 1 saturated heterocycles. The van der Waals surface area contributed by atoms with E-state index in [9.17, 15) is 4.79 Å². The molecule has 0 N–H and O–H groups in total. The quantitative estimate of drug-likeness (QED) is 0.858. The van der Waals surface area contributed by atoms with Gasteiger partial charge >= 0.3 is 0 Å². The van der Waals surface area contributed by atoms with E-state index in [0.717, 1.165) is 17.0 Å². The molecular formula is C18H21N3O3. The number of hydrogen-bond donors (Lipinski definition) is 0. The van der Waals surface area contributed by atoms with Crippen LogP contribution in [0.25, 0.3) is 0 Å². The van der Waals surface area contributed by atoms with Crippen molar-refractivity contribution in [2.75, 3.05) is 26.8 Å². The van der Waals surface area contributed by atoms with Crippen LogP contribution < -0.4 is 4.74 Å². The summed E-state index contributed by atoms with van der Waals surface area (Å²) in [7, 11) is 1.62. The average Bonchev–Trinajstić information content (AvgIpc) is 2.62. The molecule has 0 radical (unpaired) electrons. The van der Waals surface area contributed by atoms with Crippen LogP contribution in [0.15, 0.2) is 36.5 Å². The Kier molecular flexibility index (Phi) is 5.05. The van der Waals surface area contributed by atoms with E-state index in [2.05, 4.69) is 9.97 Å². The van der Waals surface area contributed by atoms with Crippen molar-refractivity contribution >= 4 is 5.91 Å². The maximum Gasteiger partial charge on any atom is 0.227 e. The molecule has 1 aromatic carbocycles. The molecule has 1 aliphatic heterocycles. The number of benzene rings is 1. The van der Waals surface area contributed by atoms with Gasteiger partial charge in [-0.05, 0) is 30.7 Å². The maximum absolute atomic E-state index is 12.6. The number of methoxy groups -OCH3 is 1. The molecule has 0 saturated carbocycles. The summed E-state index contributed by atoms with van der Waals surface area (Å²) in [6.45, 7) is 3.47. The Morgan fingerprint density at radius 1 is 1.42 bits per heavy atom. The van der Waals surface area contributed by atoms with Crippen LogP contribution in [0.3, 0.4) is 0 Å². The highest BCUT2D eigenvalue weighted by molar-refractivity contribution is 5.79. The highest BCUT2D eigenvalue weighted by Gasteiger charge is 2.26. The van der Waals surface area contributed by atoms with Crippen LogP contribution in [0, 0.1) is 6.92 Å². The summed E-state index contributed by atoms with van der Waals surface area (Å²) in [6, 6.07) is 9.44. The number of aromatic nitrogens is 2. The van der Waals surface area contributed by atoms with Gasteiger partial charge in [-0.3, -0.25) is 4.79 Å². The number of carbonyl (C=O) groups is 1. The van der Waals surface area contributed by atoms with Crippen molar-refractivity contribution in [2.45, 2.75) is 19.4 Å². The summed E-state index contributed by atoms with van der Waals surface area (Å²) in [5, 5.41) is 0. The number of morpholine rings is 1. The number of carbonyl (C=O) groups excluding carboxylic acids is 1. The first-order valence-corrected chi connectivity index (χ1v) is 7.97. The van der Waals surface area contributed by atoms with E-state index in [1.807, 2.05) is 42.2 Å². The summed E-state index contributed by atoms with van der Waals surface area (Å²) in [5.41, 5.74) is 1.77. The third-order valence-electron chi connectivity index (χ3n) is 4.04. The second-order valence-corrected chi connectivity index (χ2v) is 5.76. The van der Waals surface area contributed by atoms with E-state index in [4.69, 9.17) is 9.47 Å². The Morgan fingerprint density at radius 2 is 2.29 bits per heavy atom. The fourth-order valence-electron chi connectivity index (χ4n) is 2.78. The number of nitrogens with zero attached hydrogens (tertiary/aromatic N) is 3. The second-order valence-electron chi connectivity index (χ2n) is 5.76.